The van der Waals surface area contributed by atoms with Gasteiger partial charge in [-0.3, -0.25) is 0 Å². The fraction of sp³-hybridized carbons (Fsp3) is 0.667. The van der Waals surface area contributed by atoms with Crippen LogP contribution in [0.4, 0.5) is 0 Å². The van der Waals surface area contributed by atoms with Gasteiger partial charge in [0.25, 0.3) is 0 Å². The Balaban J connectivity index is 2.17. The van der Waals surface area contributed by atoms with Gasteiger partial charge in [-0.2, -0.15) is 0 Å². The van der Waals surface area contributed by atoms with E-state index >= 15 is 0 Å². The van der Waals surface area contributed by atoms with Crippen molar-refractivity contribution in [1.29, 1.82) is 0 Å². The third kappa shape index (κ3) is 6.68. The largest absolute Gasteiger partial charge is 0.480 e. The number of hydrogen-bond donors (Lipinski definition) is 0. The number of rotatable bonds is 10. The van der Waals surface area contributed by atoms with E-state index in [1.807, 2.05) is 0 Å². The van der Waals surface area contributed by atoms with Crippen molar-refractivity contribution in [1.82, 2.24) is 10.2 Å². The second-order valence-electron chi connectivity index (χ2n) is 3.67. The van der Waals surface area contributed by atoms with Crippen LogP contribution in [0.25, 0.3) is 0 Å². The zero-order chi connectivity index (χ0) is 13.9. The summed E-state index contributed by atoms with van der Waals surface area (Å²) in [7, 11) is 3.19. The van der Waals surface area contributed by atoms with Crippen LogP contribution in [-0.2, 0) is 20.6 Å². The van der Waals surface area contributed by atoms with E-state index in [9.17, 15) is 0 Å². The first-order valence-corrected chi connectivity index (χ1v) is 6.36. The van der Waals surface area contributed by atoms with Crippen LogP contribution in [-0.4, -0.2) is 57.5 Å². The molecular formula is C12H19ClN2O4. The number of nitrogens with zero attached hydrogens (tertiary/aromatic N) is 2. The minimum Gasteiger partial charge on any atom is -0.480 e. The summed E-state index contributed by atoms with van der Waals surface area (Å²) in [5, 5.41) is 7.91. The summed E-state index contributed by atoms with van der Waals surface area (Å²) in [6, 6.07) is 1.73. The van der Waals surface area contributed by atoms with Crippen LogP contribution in [0.1, 0.15) is 5.56 Å². The molecule has 0 fully saturated rings. The molecule has 1 rings (SSSR count). The van der Waals surface area contributed by atoms with E-state index in [1.165, 1.54) is 0 Å². The van der Waals surface area contributed by atoms with Crippen molar-refractivity contribution in [3.8, 4) is 5.88 Å². The van der Waals surface area contributed by atoms with Crippen LogP contribution in [0, 0.1) is 0 Å². The van der Waals surface area contributed by atoms with Gasteiger partial charge in [0.2, 0.25) is 5.88 Å². The first-order valence-electron chi connectivity index (χ1n) is 5.98. The van der Waals surface area contributed by atoms with Crippen molar-refractivity contribution in [3.05, 3.63) is 16.8 Å². The van der Waals surface area contributed by atoms with Crippen molar-refractivity contribution >= 4 is 11.6 Å². The Morgan fingerprint density at radius 2 is 1.68 bits per heavy atom. The van der Waals surface area contributed by atoms with Crippen molar-refractivity contribution < 1.29 is 18.9 Å². The Kier molecular flexibility index (Phi) is 8.40. The highest BCUT2D eigenvalue weighted by Crippen LogP contribution is 2.17. The molecule has 6 nitrogen and oxygen atoms in total. The molecule has 108 valence electrons. The van der Waals surface area contributed by atoms with Crippen LogP contribution < -0.4 is 4.74 Å². The molecule has 0 aliphatic rings. The first-order chi connectivity index (χ1) is 9.27. The maximum atomic E-state index is 5.78. The summed E-state index contributed by atoms with van der Waals surface area (Å²) in [5.41, 5.74) is 0.878. The number of halogens is 1. The number of aromatic nitrogens is 2. The molecule has 0 amide bonds. The fourth-order valence-electron chi connectivity index (χ4n) is 1.39. The quantitative estimate of drug-likeness (QED) is 0.606. The SMILES string of the molecule is COCCOCCOCCc1cc(Cl)nnc1OC. The first kappa shape index (κ1) is 16.1. The minimum absolute atomic E-state index is 0.346. The molecule has 0 unspecified atom stereocenters. The second-order valence-corrected chi connectivity index (χ2v) is 4.06. The maximum absolute atomic E-state index is 5.78. The van der Waals surface area contributed by atoms with Crippen molar-refractivity contribution in [2.24, 2.45) is 0 Å². The van der Waals surface area contributed by atoms with Crippen molar-refractivity contribution in [2.45, 2.75) is 6.42 Å². The molecule has 0 aliphatic carbocycles. The number of hydrogen-bond acceptors (Lipinski definition) is 6. The molecule has 0 atom stereocenters. The van der Waals surface area contributed by atoms with Crippen molar-refractivity contribution in [3.63, 3.8) is 0 Å². The van der Waals surface area contributed by atoms with Crippen LogP contribution in [0.2, 0.25) is 5.15 Å². The van der Waals surface area contributed by atoms with Gasteiger partial charge in [-0.1, -0.05) is 11.6 Å². The third-order valence-corrected chi connectivity index (χ3v) is 2.50. The standard InChI is InChI=1S/C12H19ClN2O4/c1-16-5-6-19-8-7-18-4-3-10-9-11(13)14-15-12(10)17-2/h9H,3-8H2,1-2H3. The summed E-state index contributed by atoms with van der Waals surface area (Å²) in [6.45, 7) is 2.82. The molecule has 0 aliphatic heterocycles. The lowest BCUT2D eigenvalue weighted by Crippen LogP contribution is -2.10. The lowest BCUT2D eigenvalue weighted by atomic mass is 10.2. The van der Waals surface area contributed by atoms with Gasteiger partial charge in [0, 0.05) is 19.1 Å². The maximum Gasteiger partial charge on any atom is 0.236 e. The zero-order valence-electron chi connectivity index (χ0n) is 11.2. The van der Waals surface area contributed by atoms with E-state index < -0.39 is 0 Å². The predicted molar refractivity (Wildman–Crippen MR) is 70.8 cm³/mol. The lowest BCUT2D eigenvalue weighted by Gasteiger charge is -2.08. The molecule has 0 saturated carbocycles. The molecular weight excluding hydrogens is 272 g/mol. The summed E-state index contributed by atoms with van der Waals surface area (Å²) >= 11 is 5.78. The smallest absolute Gasteiger partial charge is 0.236 e. The van der Waals surface area contributed by atoms with Crippen LogP contribution in [0.5, 0.6) is 5.88 Å². The van der Waals surface area contributed by atoms with Crippen LogP contribution in [0.15, 0.2) is 6.07 Å². The van der Waals surface area contributed by atoms with Gasteiger partial charge in [0.15, 0.2) is 5.15 Å². The number of ether oxygens (including phenoxy) is 4. The molecule has 0 bridgehead atoms. The molecule has 0 aromatic carbocycles. The topological polar surface area (TPSA) is 62.7 Å². The van der Waals surface area contributed by atoms with Crippen LogP contribution >= 0.6 is 11.6 Å². The molecule has 1 aromatic rings. The average molecular weight is 291 g/mol. The fourth-order valence-corrected chi connectivity index (χ4v) is 1.56. The Bertz CT molecular complexity index is 366. The van der Waals surface area contributed by atoms with Gasteiger partial charge in [-0.25, -0.2) is 0 Å². The zero-order valence-corrected chi connectivity index (χ0v) is 12.0. The lowest BCUT2D eigenvalue weighted by molar-refractivity contribution is 0.0255. The van der Waals surface area contributed by atoms with E-state index in [-0.39, 0.29) is 0 Å². The molecule has 0 saturated heterocycles. The normalized spacial score (nSPS) is 10.7. The molecule has 1 heterocycles. The molecule has 7 heteroatoms. The predicted octanol–water partition coefficient (Wildman–Crippen LogP) is 1.36. The number of methoxy groups -OCH3 is 2. The Morgan fingerprint density at radius 1 is 1.00 bits per heavy atom. The Labute approximate surface area is 118 Å². The van der Waals surface area contributed by atoms with Gasteiger partial charge in [-0.15, -0.1) is 10.2 Å². The molecule has 0 spiro atoms. The van der Waals surface area contributed by atoms with Gasteiger partial charge in [0.05, 0.1) is 40.1 Å². The Morgan fingerprint density at radius 3 is 2.37 bits per heavy atom. The summed E-state index contributed by atoms with van der Waals surface area (Å²) in [6.07, 6.45) is 0.663. The highest BCUT2D eigenvalue weighted by atomic mass is 35.5. The summed E-state index contributed by atoms with van der Waals surface area (Å²) in [4.78, 5) is 0. The molecule has 0 N–H and O–H groups in total. The van der Waals surface area contributed by atoms with Crippen LogP contribution in [0.3, 0.4) is 0 Å². The second kappa shape index (κ2) is 9.91. The molecule has 1 aromatic heterocycles. The van der Waals surface area contributed by atoms with Gasteiger partial charge < -0.3 is 18.9 Å². The van der Waals surface area contributed by atoms with Gasteiger partial charge in [0.1, 0.15) is 0 Å². The van der Waals surface area contributed by atoms with E-state index in [0.29, 0.717) is 50.5 Å². The van der Waals surface area contributed by atoms with Gasteiger partial charge >= 0.3 is 0 Å². The Hall–Kier alpha value is -0.950. The average Bonchev–Trinajstić information content (AvgIpc) is 2.42. The third-order valence-electron chi connectivity index (χ3n) is 2.32. The van der Waals surface area contributed by atoms with E-state index in [2.05, 4.69) is 10.2 Å². The monoisotopic (exact) mass is 290 g/mol. The highest BCUT2D eigenvalue weighted by molar-refractivity contribution is 6.29. The van der Waals surface area contributed by atoms with E-state index in [0.717, 1.165) is 5.56 Å². The molecule has 19 heavy (non-hydrogen) atoms. The molecule has 0 radical (unpaired) electrons. The van der Waals surface area contributed by atoms with E-state index in [4.69, 9.17) is 30.5 Å². The van der Waals surface area contributed by atoms with Gasteiger partial charge in [-0.05, 0) is 6.07 Å². The summed E-state index contributed by atoms with van der Waals surface area (Å²) in [5.74, 6) is 0.476. The minimum atomic E-state index is 0.346. The van der Waals surface area contributed by atoms with E-state index in [1.54, 1.807) is 20.3 Å². The summed E-state index contributed by atoms with van der Waals surface area (Å²) < 4.78 is 20.7. The van der Waals surface area contributed by atoms with Crippen molar-refractivity contribution in [2.75, 3.05) is 47.3 Å². The highest BCUT2D eigenvalue weighted by Gasteiger charge is 2.06.